The molecule has 2 aromatic rings. The molecule has 0 radical (unpaired) electrons. The predicted octanol–water partition coefficient (Wildman–Crippen LogP) is 2.52. The van der Waals surface area contributed by atoms with E-state index in [9.17, 15) is 14.0 Å². The van der Waals surface area contributed by atoms with Crippen LogP contribution in [0.5, 0.6) is 0 Å². The van der Waals surface area contributed by atoms with Crippen LogP contribution in [0.3, 0.4) is 0 Å². The number of hydrogen-bond donors (Lipinski definition) is 1. The van der Waals surface area contributed by atoms with Crippen LogP contribution >= 0.6 is 0 Å². The molecule has 1 aromatic heterocycles. The van der Waals surface area contributed by atoms with Crippen molar-refractivity contribution in [3.8, 4) is 0 Å². The van der Waals surface area contributed by atoms with Crippen molar-refractivity contribution in [2.45, 2.75) is 44.1 Å². The third-order valence-corrected chi connectivity index (χ3v) is 5.69. The molecule has 6 heteroatoms. The van der Waals surface area contributed by atoms with Crippen molar-refractivity contribution in [3.05, 3.63) is 65.2 Å². The normalized spacial score (nSPS) is 20.1. The topological polar surface area (TPSA) is 62.3 Å². The second-order valence-corrected chi connectivity index (χ2v) is 7.91. The van der Waals surface area contributed by atoms with E-state index < -0.39 is 5.41 Å². The van der Waals surface area contributed by atoms with Crippen LogP contribution in [-0.4, -0.2) is 40.8 Å². The number of aryl methyl sites for hydroxylation is 1. The van der Waals surface area contributed by atoms with Gasteiger partial charge in [-0.2, -0.15) is 0 Å². The number of halogens is 1. The molecular weight excluding hydrogens is 357 g/mol. The number of nitrogens with one attached hydrogen (secondary N) is 1. The first-order chi connectivity index (χ1) is 13.5. The Kier molecular flexibility index (Phi) is 4.87. The van der Waals surface area contributed by atoms with E-state index in [1.165, 1.54) is 6.07 Å². The van der Waals surface area contributed by atoms with Gasteiger partial charge in [0.15, 0.2) is 0 Å². The minimum atomic E-state index is -0.711. The molecule has 4 rings (SSSR count). The third-order valence-electron chi connectivity index (χ3n) is 5.69. The number of carbonyl (C=O) groups is 2. The van der Waals surface area contributed by atoms with Crippen molar-refractivity contribution >= 4 is 11.8 Å². The molecule has 28 heavy (non-hydrogen) atoms. The Balaban J connectivity index is 1.36. The molecule has 2 heterocycles. The number of amides is 2. The zero-order valence-electron chi connectivity index (χ0n) is 16.0. The summed E-state index contributed by atoms with van der Waals surface area (Å²) < 4.78 is 14.2. The highest BCUT2D eigenvalue weighted by molar-refractivity contribution is 5.91. The first-order valence-corrected chi connectivity index (χ1v) is 9.72. The molecule has 1 saturated carbocycles. The number of pyridine rings is 1. The number of rotatable bonds is 5. The van der Waals surface area contributed by atoms with Gasteiger partial charge in [-0.25, -0.2) is 4.39 Å². The van der Waals surface area contributed by atoms with Crippen LogP contribution in [0.2, 0.25) is 0 Å². The molecule has 2 amide bonds. The van der Waals surface area contributed by atoms with Crippen LogP contribution in [0, 0.1) is 12.7 Å². The second kappa shape index (κ2) is 7.34. The molecule has 1 N–H and O–H groups in total. The molecule has 1 aromatic carbocycles. The molecule has 1 saturated heterocycles. The van der Waals surface area contributed by atoms with Crippen LogP contribution in [0.15, 0.2) is 42.7 Å². The van der Waals surface area contributed by atoms with Gasteiger partial charge in [0, 0.05) is 37.1 Å². The lowest BCUT2D eigenvalue weighted by molar-refractivity contribution is -0.133. The van der Waals surface area contributed by atoms with E-state index in [0.29, 0.717) is 31.5 Å². The van der Waals surface area contributed by atoms with E-state index >= 15 is 0 Å². The van der Waals surface area contributed by atoms with Gasteiger partial charge >= 0.3 is 0 Å². The summed E-state index contributed by atoms with van der Waals surface area (Å²) in [4.78, 5) is 31.3. The highest BCUT2D eigenvalue weighted by Gasteiger charge is 2.55. The number of hydrogen-bond acceptors (Lipinski definition) is 3. The summed E-state index contributed by atoms with van der Waals surface area (Å²) in [6, 6.07) is 8.43. The molecular formula is C22H24FN3O2. The van der Waals surface area contributed by atoms with Crippen LogP contribution in [0.1, 0.15) is 36.0 Å². The maximum Gasteiger partial charge on any atom is 0.233 e. The van der Waals surface area contributed by atoms with Crippen molar-refractivity contribution in [1.29, 1.82) is 0 Å². The summed E-state index contributed by atoms with van der Waals surface area (Å²) in [5, 5.41) is 3.02. The molecule has 1 aliphatic carbocycles. The summed E-state index contributed by atoms with van der Waals surface area (Å²) in [5.74, 6) is -0.400. The quantitative estimate of drug-likeness (QED) is 0.866. The molecule has 5 nitrogen and oxygen atoms in total. The van der Waals surface area contributed by atoms with Gasteiger partial charge in [0.2, 0.25) is 11.8 Å². The molecule has 0 bridgehead atoms. The Hall–Kier alpha value is -2.76. The maximum atomic E-state index is 14.2. The number of benzene rings is 1. The van der Waals surface area contributed by atoms with Gasteiger partial charge in [-0.3, -0.25) is 14.6 Å². The molecule has 2 aliphatic rings. The highest BCUT2D eigenvalue weighted by Crippen LogP contribution is 2.50. The van der Waals surface area contributed by atoms with Crippen molar-refractivity contribution in [1.82, 2.24) is 15.2 Å². The summed E-state index contributed by atoms with van der Waals surface area (Å²) >= 11 is 0. The van der Waals surface area contributed by atoms with Crippen molar-refractivity contribution in [3.63, 3.8) is 0 Å². The Morgan fingerprint density at radius 3 is 2.79 bits per heavy atom. The maximum absolute atomic E-state index is 14.2. The fourth-order valence-electron chi connectivity index (χ4n) is 4.12. The SMILES string of the molecule is Cc1cncc(CC(=O)N[C@@H]2CCN(C(=O)C3(c4ccccc4F)CC3)C2)c1. The van der Waals surface area contributed by atoms with Gasteiger partial charge in [-0.1, -0.05) is 24.3 Å². The Morgan fingerprint density at radius 2 is 2.07 bits per heavy atom. The lowest BCUT2D eigenvalue weighted by atomic mass is 9.94. The van der Waals surface area contributed by atoms with Gasteiger partial charge in [-0.05, 0) is 43.4 Å². The van der Waals surface area contributed by atoms with Crippen LogP contribution in [0.4, 0.5) is 4.39 Å². The number of aromatic nitrogens is 1. The third kappa shape index (κ3) is 3.63. The number of carbonyl (C=O) groups excluding carboxylic acids is 2. The minimum absolute atomic E-state index is 0.0165. The average molecular weight is 381 g/mol. The van der Waals surface area contributed by atoms with Crippen molar-refractivity contribution in [2.24, 2.45) is 0 Å². The first kappa shape index (κ1) is 18.6. The minimum Gasteiger partial charge on any atom is -0.351 e. The molecule has 1 atom stereocenters. The average Bonchev–Trinajstić information content (AvgIpc) is 3.34. The zero-order chi connectivity index (χ0) is 19.7. The molecule has 1 aliphatic heterocycles. The van der Waals surface area contributed by atoms with Crippen molar-refractivity contribution < 1.29 is 14.0 Å². The molecule has 2 fully saturated rings. The summed E-state index contributed by atoms with van der Waals surface area (Å²) in [5.41, 5.74) is 1.68. The Bertz CT molecular complexity index is 910. The first-order valence-electron chi connectivity index (χ1n) is 9.72. The standard InChI is InChI=1S/C22H24FN3O2/c1-15-10-16(13-24-12-15)11-20(27)25-17-6-9-26(14-17)21(28)22(7-8-22)18-4-2-3-5-19(18)23/h2-5,10,12-13,17H,6-9,11,14H2,1H3,(H,25,27)/t17-/m1/s1. The summed E-state index contributed by atoms with van der Waals surface area (Å²) in [7, 11) is 0. The lowest BCUT2D eigenvalue weighted by Gasteiger charge is -2.24. The van der Waals surface area contributed by atoms with Gasteiger partial charge in [0.1, 0.15) is 5.82 Å². The van der Waals surface area contributed by atoms with E-state index in [1.54, 1.807) is 35.5 Å². The Morgan fingerprint density at radius 1 is 1.29 bits per heavy atom. The van der Waals surface area contributed by atoms with Gasteiger partial charge in [0.05, 0.1) is 11.8 Å². The summed E-state index contributed by atoms with van der Waals surface area (Å²) in [6.45, 7) is 3.01. The lowest BCUT2D eigenvalue weighted by Crippen LogP contribution is -2.42. The van der Waals surface area contributed by atoms with E-state index in [-0.39, 0.29) is 30.1 Å². The smallest absolute Gasteiger partial charge is 0.233 e. The molecule has 0 unspecified atom stereocenters. The zero-order valence-corrected chi connectivity index (χ0v) is 16.0. The van der Waals surface area contributed by atoms with Crippen LogP contribution < -0.4 is 5.32 Å². The molecule has 146 valence electrons. The number of nitrogens with zero attached hydrogens (tertiary/aromatic N) is 2. The molecule has 0 spiro atoms. The summed E-state index contributed by atoms with van der Waals surface area (Å²) in [6.07, 6.45) is 5.81. The fourth-order valence-corrected chi connectivity index (χ4v) is 4.12. The highest BCUT2D eigenvalue weighted by atomic mass is 19.1. The number of likely N-dealkylation sites (tertiary alicyclic amines) is 1. The van der Waals surface area contributed by atoms with Crippen molar-refractivity contribution in [2.75, 3.05) is 13.1 Å². The van der Waals surface area contributed by atoms with E-state index in [4.69, 9.17) is 0 Å². The van der Waals surface area contributed by atoms with E-state index in [2.05, 4.69) is 10.3 Å². The predicted molar refractivity (Wildman–Crippen MR) is 103 cm³/mol. The monoisotopic (exact) mass is 381 g/mol. The van der Waals surface area contributed by atoms with Gasteiger partial charge in [0.25, 0.3) is 0 Å². The van der Waals surface area contributed by atoms with Crippen LogP contribution in [-0.2, 0) is 21.4 Å². The van der Waals surface area contributed by atoms with Gasteiger partial charge < -0.3 is 10.2 Å². The van der Waals surface area contributed by atoms with Crippen LogP contribution in [0.25, 0.3) is 0 Å². The van der Waals surface area contributed by atoms with E-state index in [0.717, 1.165) is 17.5 Å². The second-order valence-electron chi connectivity index (χ2n) is 7.91. The Labute approximate surface area is 164 Å². The van der Waals surface area contributed by atoms with E-state index in [1.807, 2.05) is 13.0 Å². The van der Waals surface area contributed by atoms with Gasteiger partial charge in [-0.15, -0.1) is 0 Å². The largest absolute Gasteiger partial charge is 0.351 e. The fraction of sp³-hybridized carbons (Fsp3) is 0.409.